The number of anilines is 2. The van der Waals surface area contributed by atoms with Gasteiger partial charge in [-0.25, -0.2) is 0 Å². The Balaban J connectivity index is 1.44. The Morgan fingerprint density at radius 1 is 0.500 bits per heavy atom. The molecule has 0 bridgehead atoms. The van der Waals surface area contributed by atoms with Crippen LogP contribution in [-0.2, 0) is 0 Å². The van der Waals surface area contributed by atoms with Crippen LogP contribution in [0.25, 0.3) is 21.5 Å². The zero-order valence-corrected chi connectivity index (χ0v) is 16.1. The largest absolute Gasteiger partial charge is 0.380 e. The second-order valence-electron chi connectivity index (χ2n) is 7.84. The normalized spacial score (nSPS) is 19.6. The predicted molar refractivity (Wildman–Crippen MR) is 121 cm³/mol. The molecule has 1 fully saturated rings. The Morgan fingerprint density at radius 2 is 0.929 bits per heavy atom. The molecule has 140 valence electrons. The van der Waals surface area contributed by atoms with Crippen LogP contribution in [0.1, 0.15) is 25.7 Å². The molecule has 0 aromatic heterocycles. The van der Waals surface area contributed by atoms with E-state index >= 15 is 0 Å². The first-order valence-electron chi connectivity index (χ1n) is 10.4. The molecule has 0 spiro atoms. The van der Waals surface area contributed by atoms with Gasteiger partial charge >= 0.3 is 0 Å². The van der Waals surface area contributed by atoms with Crippen molar-refractivity contribution in [1.29, 1.82) is 0 Å². The fourth-order valence-corrected chi connectivity index (χ4v) is 4.58. The summed E-state index contributed by atoms with van der Waals surface area (Å²) < 4.78 is 0. The number of hydrogen-bond acceptors (Lipinski definition) is 2. The van der Waals surface area contributed by atoms with Gasteiger partial charge < -0.3 is 10.6 Å². The first-order chi connectivity index (χ1) is 13.9. The molecular weight excluding hydrogens is 340 g/mol. The molecule has 0 radical (unpaired) electrons. The lowest BCUT2D eigenvalue weighted by molar-refractivity contribution is 0.424. The fraction of sp³-hybridized carbons (Fsp3) is 0.231. The Hall–Kier alpha value is -3.00. The molecule has 4 aromatic rings. The SMILES string of the molecule is c1ccc2c(N[C@@H]3CCCC[C@H]3Nc3cccc4ccccc34)cccc2c1. The van der Waals surface area contributed by atoms with Crippen molar-refractivity contribution in [3.05, 3.63) is 84.9 Å². The molecule has 5 rings (SSSR count). The summed E-state index contributed by atoms with van der Waals surface area (Å²) in [5, 5.41) is 13.0. The summed E-state index contributed by atoms with van der Waals surface area (Å²) in [6.07, 6.45) is 4.98. The monoisotopic (exact) mass is 366 g/mol. The molecule has 4 aromatic carbocycles. The van der Waals surface area contributed by atoms with Crippen molar-refractivity contribution in [2.75, 3.05) is 10.6 Å². The highest BCUT2D eigenvalue weighted by molar-refractivity contribution is 5.95. The summed E-state index contributed by atoms with van der Waals surface area (Å²) in [5.74, 6) is 0. The maximum atomic E-state index is 3.88. The van der Waals surface area contributed by atoms with Gasteiger partial charge in [-0.1, -0.05) is 85.6 Å². The highest BCUT2D eigenvalue weighted by atomic mass is 15.0. The topological polar surface area (TPSA) is 24.1 Å². The number of hydrogen-bond donors (Lipinski definition) is 2. The van der Waals surface area contributed by atoms with Gasteiger partial charge in [0.05, 0.1) is 0 Å². The third-order valence-electron chi connectivity index (χ3n) is 6.03. The standard InChI is InChI=1S/C26H26N2/c1-3-13-21-19(9-1)11-7-17-23(21)27-25-15-5-6-16-26(25)28-24-18-8-12-20-10-2-4-14-22(20)24/h1-4,7-14,17-18,25-28H,5-6,15-16H2/t25-,26-/m1/s1. The van der Waals surface area contributed by atoms with Crippen molar-refractivity contribution in [2.45, 2.75) is 37.8 Å². The minimum absolute atomic E-state index is 0.429. The molecule has 2 atom stereocenters. The summed E-state index contributed by atoms with van der Waals surface area (Å²) in [5.41, 5.74) is 2.49. The Bertz CT molecular complexity index is 1000. The molecule has 1 saturated carbocycles. The van der Waals surface area contributed by atoms with Gasteiger partial charge in [-0.05, 0) is 35.7 Å². The van der Waals surface area contributed by atoms with Crippen LogP contribution in [0.5, 0.6) is 0 Å². The summed E-state index contributed by atoms with van der Waals surface area (Å²) >= 11 is 0. The predicted octanol–water partition coefficient (Wildman–Crippen LogP) is 6.83. The smallest absolute Gasteiger partial charge is 0.0462 e. The Morgan fingerprint density at radius 3 is 1.43 bits per heavy atom. The quantitative estimate of drug-likeness (QED) is 0.414. The van der Waals surface area contributed by atoms with Gasteiger partial charge in [0.1, 0.15) is 0 Å². The summed E-state index contributed by atoms with van der Waals surface area (Å²) in [6.45, 7) is 0. The van der Waals surface area contributed by atoms with Crippen molar-refractivity contribution in [2.24, 2.45) is 0 Å². The van der Waals surface area contributed by atoms with Crippen LogP contribution >= 0.6 is 0 Å². The maximum absolute atomic E-state index is 3.88. The lowest BCUT2D eigenvalue weighted by atomic mass is 9.89. The van der Waals surface area contributed by atoms with Gasteiger partial charge in [-0.3, -0.25) is 0 Å². The lowest BCUT2D eigenvalue weighted by Gasteiger charge is -2.35. The fourth-order valence-electron chi connectivity index (χ4n) is 4.58. The van der Waals surface area contributed by atoms with Gasteiger partial charge in [-0.15, -0.1) is 0 Å². The van der Waals surface area contributed by atoms with E-state index < -0.39 is 0 Å². The molecule has 1 aliphatic rings. The van der Waals surface area contributed by atoms with E-state index in [1.54, 1.807) is 0 Å². The molecule has 0 aliphatic heterocycles. The number of nitrogens with one attached hydrogen (secondary N) is 2. The van der Waals surface area contributed by atoms with Crippen LogP contribution in [0.3, 0.4) is 0 Å². The molecular formula is C26H26N2. The molecule has 2 heteroatoms. The van der Waals surface area contributed by atoms with E-state index in [0.717, 1.165) is 0 Å². The van der Waals surface area contributed by atoms with Crippen LogP contribution in [0.2, 0.25) is 0 Å². The van der Waals surface area contributed by atoms with E-state index in [4.69, 9.17) is 0 Å². The highest BCUT2D eigenvalue weighted by Crippen LogP contribution is 2.31. The first-order valence-corrected chi connectivity index (χ1v) is 10.4. The molecule has 28 heavy (non-hydrogen) atoms. The van der Waals surface area contributed by atoms with Crippen LogP contribution < -0.4 is 10.6 Å². The van der Waals surface area contributed by atoms with E-state index in [0.29, 0.717) is 12.1 Å². The van der Waals surface area contributed by atoms with E-state index in [1.165, 1.54) is 58.6 Å². The zero-order chi connectivity index (χ0) is 18.8. The van der Waals surface area contributed by atoms with Crippen LogP contribution in [0.4, 0.5) is 11.4 Å². The molecule has 0 unspecified atom stereocenters. The zero-order valence-electron chi connectivity index (χ0n) is 16.1. The van der Waals surface area contributed by atoms with Crippen molar-refractivity contribution in [3.63, 3.8) is 0 Å². The van der Waals surface area contributed by atoms with E-state index in [2.05, 4.69) is 95.6 Å². The second-order valence-corrected chi connectivity index (χ2v) is 7.84. The van der Waals surface area contributed by atoms with Gasteiger partial charge in [-0.2, -0.15) is 0 Å². The average Bonchev–Trinajstić information content (AvgIpc) is 2.76. The summed E-state index contributed by atoms with van der Waals surface area (Å²) in [7, 11) is 0. The van der Waals surface area contributed by atoms with Gasteiger partial charge in [0.25, 0.3) is 0 Å². The minimum atomic E-state index is 0.429. The van der Waals surface area contributed by atoms with Gasteiger partial charge in [0.2, 0.25) is 0 Å². The number of benzene rings is 4. The lowest BCUT2D eigenvalue weighted by Crippen LogP contribution is -2.41. The molecule has 2 N–H and O–H groups in total. The Labute approximate surface area is 166 Å². The van der Waals surface area contributed by atoms with Crippen molar-refractivity contribution < 1.29 is 0 Å². The van der Waals surface area contributed by atoms with Crippen LogP contribution in [0, 0.1) is 0 Å². The first kappa shape index (κ1) is 17.1. The minimum Gasteiger partial charge on any atom is -0.380 e. The molecule has 1 aliphatic carbocycles. The van der Waals surface area contributed by atoms with Crippen LogP contribution in [-0.4, -0.2) is 12.1 Å². The van der Waals surface area contributed by atoms with Gasteiger partial charge in [0, 0.05) is 34.2 Å². The summed E-state index contributed by atoms with van der Waals surface area (Å²) in [6, 6.07) is 31.2. The van der Waals surface area contributed by atoms with E-state index in [1.807, 2.05) is 0 Å². The average molecular weight is 367 g/mol. The summed E-state index contributed by atoms with van der Waals surface area (Å²) in [4.78, 5) is 0. The van der Waals surface area contributed by atoms with Crippen molar-refractivity contribution in [1.82, 2.24) is 0 Å². The second kappa shape index (κ2) is 7.55. The number of fused-ring (bicyclic) bond motifs is 2. The third kappa shape index (κ3) is 3.31. The molecule has 0 amide bonds. The van der Waals surface area contributed by atoms with E-state index in [9.17, 15) is 0 Å². The Kier molecular flexibility index (Phi) is 4.62. The number of rotatable bonds is 4. The van der Waals surface area contributed by atoms with Crippen molar-refractivity contribution >= 4 is 32.9 Å². The molecule has 0 heterocycles. The molecule has 2 nitrogen and oxygen atoms in total. The maximum Gasteiger partial charge on any atom is 0.0462 e. The van der Waals surface area contributed by atoms with Gasteiger partial charge in [0.15, 0.2) is 0 Å². The highest BCUT2D eigenvalue weighted by Gasteiger charge is 2.25. The third-order valence-corrected chi connectivity index (χ3v) is 6.03. The van der Waals surface area contributed by atoms with Crippen molar-refractivity contribution in [3.8, 4) is 0 Å². The van der Waals surface area contributed by atoms with E-state index in [-0.39, 0.29) is 0 Å². The van der Waals surface area contributed by atoms with Crippen LogP contribution in [0.15, 0.2) is 84.9 Å². The molecule has 0 saturated heterocycles.